The molecular weight excluding hydrogens is 428 g/mol. The molecule has 3 unspecified atom stereocenters. The number of para-hydroxylation sites is 1. The third-order valence-corrected chi connectivity index (χ3v) is 8.58. The van der Waals surface area contributed by atoms with Gasteiger partial charge in [-0.3, -0.25) is 0 Å². The van der Waals surface area contributed by atoms with E-state index in [0.29, 0.717) is 0 Å². The first kappa shape index (κ1) is 20.5. The van der Waals surface area contributed by atoms with E-state index in [4.69, 9.17) is 9.97 Å². The number of rotatable bonds is 3. The van der Waals surface area contributed by atoms with Crippen LogP contribution in [0.5, 0.6) is 0 Å². The van der Waals surface area contributed by atoms with Crippen molar-refractivity contribution in [3.63, 3.8) is 0 Å². The van der Waals surface area contributed by atoms with Gasteiger partial charge in [0.05, 0.1) is 0 Å². The number of aryl methyl sites for hydroxylation is 1. The zero-order chi connectivity index (χ0) is 23.8. The molecule has 3 aromatic carbocycles. The smallest absolute Gasteiger partial charge is 0.178 e. The summed E-state index contributed by atoms with van der Waals surface area (Å²) in [7, 11) is 0. The van der Waals surface area contributed by atoms with Crippen molar-refractivity contribution < 1.29 is 0 Å². The highest BCUT2D eigenvalue weighted by molar-refractivity contribution is 5.89. The second kappa shape index (κ2) is 7.05. The molecule has 35 heavy (non-hydrogen) atoms. The molecule has 1 aromatic heterocycles. The Morgan fingerprint density at radius 1 is 0.800 bits per heavy atom. The first-order valence-electron chi connectivity index (χ1n) is 12.4. The van der Waals surface area contributed by atoms with Crippen molar-refractivity contribution in [3.8, 4) is 11.1 Å². The Morgan fingerprint density at radius 3 is 2.23 bits per heavy atom. The zero-order valence-electron chi connectivity index (χ0n) is 20.3. The molecular formula is C31H28N4. The molecule has 0 fully saturated rings. The van der Waals surface area contributed by atoms with Crippen molar-refractivity contribution in [2.75, 3.05) is 9.80 Å². The molecule has 3 atom stereocenters. The van der Waals surface area contributed by atoms with Gasteiger partial charge in [0, 0.05) is 34.6 Å². The highest BCUT2D eigenvalue weighted by atomic mass is 15.5. The van der Waals surface area contributed by atoms with Crippen LogP contribution in [0.2, 0.25) is 0 Å². The number of anilines is 4. The maximum atomic E-state index is 4.89. The molecule has 0 amide bonds. The van der Waals surface area contributed by atoms with Gasteiger partial charge in [-0.15, -0.1) is 0 Å². The van der Waals surface area contributed by atoms with E-state index in [2.05, 4.69) is 116 Å². The Balaban J connectivity index is 1.50. The molecule has 0 bridgehead atoms. The average molecular weight is 457 g/mol. The maximum absolute atomic E-state index is 4.89. The minimum absolute atomic E-state index is 0.0430. The van der Waals surface area contributed by atoms with Gasteiger partial charge >= 0.3 is 0 Å². The van der Waals surface area contributed by atoms with Crippen LogP contribution < -0.4 is 9.80 Å². The second-order valence-corrected chi connectivity index (χ2v) is 10.2. The number of aromatic nitrogens is 2. The summed E-state index contributed by atoms with van der Waals surface area (Å²) in [4.78, 5) is 14.6. The molecule has 4 nitrogen and oxygen atoms in total. The highest BCUT2D eigenvalue weighted by Crippen LogP contribution is 2.66. The Bertz CT molecular complexity index is 1490. The van der Waals surface area contributed by atoms with Crippen LogP contribution in [0, 0.1) is 5.41 Å². The maximum Gasteiger partial charge on any atom is 0.178 e. The van der Waals surface area contributed by atoms with Crippen molar-refractivity contribution in [2.24, 2.45) is 5.41 Å². The molecule has 0 spiro atoms. The van der Waals surface area contributed by atoms with E-state index >= 15 is 0 Å². The van der Waals surface area contributed by atoms with Gasteiger partial charge in [0.2, 0.25) is 0 Å². The fraction of sp³-hybridized carbons (Fsp3) is 0.226. The molecule has 0 radical (unpaired) electrons. The van der Waals surface area contributed by atoms with Crippen LogP contribution in [0.25, 0.3) is 11.1 Å². The van der Waals surface area contributed by atoms with Crippen molar-refractivity contribution in [3.05, 3.63) is 108 Å². The van der Waals surface area contributed by atoms with Gasteiger partial charge in [-0.25, -0.2) is 9.97 Å². The molecule has 172 valence electrons. The van der Waals surface area contributed by atoms with E-state index in [1.165, 1.54) is 27.9 Å². The number of hydrogen-bond donors (Lipinski definition) is 0. The molecule has 4 aromatic rings. The molecule has 0 saturated heterocycles. The topological polar surface area (TPSA) is 32.3 Å². The highest BCUT2D eigenvalue weighted by Gasteiger charge is 2.64. The predicted octanol–water partition coefficient (Wildman–Crippen LogP) is 7.17. The summed E-state index contributed by atoms with van der Waals surface area (Å²) >= 11 is 0. The number of benzene rings is 3. The van der Waals surface area contributed by atoms with Crippen LogP contribution >= 0.6 is 0 Å². The van der Waals surface area contributed by atoms with E-state index in [-0.39, 0.29) is 17.0 Å². The van der Waals surface area contributed by atoms with Crippen LogP contribution in [0.3, 0.4) is 0 Å². The normalized spacial score (nSPS) is 25.4. The standard InChI is InChI=1S/C31H28N4/c1-4-21-10-8-9-13-24(21)22-14-15-25-26(20-22)35-28-27(32-18-19-33-28)34(23-11-6-5-7-12-23)29(35)31(3)17-16-30(25,31)2/h5-20,29H,4H2,1-3H3. The minimum atomic E-state index is -0.110. The number of hydrogen-bond acceptors (Lipinski definition) is 4. The van der Waals surface area contributed by atoms with E-state index in [0.717, 1.165) is 23.7 Å². The lowest BCUT2D eigenvalue weighted by Crippen LogP contribution is -2.64. The lowest BCUT2D eigenvalue weighted by atomic mass is 9.50. The van der Waals surface area contributed by atoms with E-state index in [9.17, 15) is 0 Å². The summed E-state index contributed by atoms with van der Waals surface area (Å²) in [5, 5.41) is 0. The van der Waals surface area contributed by atoms with Gasteiger partial charge in [0.15, 0.2) is 11.6 Å². The van der Waals surface area contributed by atoms with Gasteiger partial charge in [0.1, 0.15) is 6.17 Å². The van der Waals surface area contributed by atoms with Crippen LogP contribution in [-0.2, 0) is 11.8 Å². The van der Waals surface area contributed by atoms with E-state index in [1.807, 2.05) is 6.20 Å². The SMILES string of the molecule is CCc1ccccc1-c1ccc2c(c1)N1c3nccnc3N(c3ccccc3)C1C1(C)C=CC21C. The Morgan fingerprint density at radius 2 is 1.51 bits per heavy atom. The second-order valence-electron chi connectivity index (χ2n) is 10.2. The fourth-order valence-corrected chi connectivity index (χ4v) is 6.42. The quantitative estimate of drug-likeness (QED) is 0.306. The summed E-state index contributed by atoms with van der Waals surface area (Å²) in [5.41, 5.74) is 7.44. The van der Waals surface area contributed by atoms with Gasteiger partial charge in [-0.1, -0.05) is 87.5 Å². The summed E-state index contributed by atoms with van der Waals surface area (Å²) < 4.78 is 0. The monoisotopic (exact) mass is 456 g/mol. The molecule has 1 aliphatic carbocycles. The third kappa shape index (κ3) is 2.52. The fourth-order valence-electron chi connectivity index (χ4n) is 6.42. The number of allylic oxidation sites excluding steroid dienone is 1. The van der Waals surface area contributed by atoms with Gasteiger partial charge in [0.25, 0.3) is 0 Å². The van der Waals surface area contributed by atoms with Crippen molar-refractivity contribution in [1.82, 2.24) is 9.97 Å². The molecule has 7 rings (SSSR count). The summed E-state index contributed by atoms with van der Waals surface area (Å²) in [5.74, 6) is 1.84. The van der Waals surface area contributed by atoms with Crippen LogP contribution in [0.4, 0.5) is 23.0 Å². The molecule has 2 aliphatic heterocycles. The Hall–Kier alpha value is -3.92. The Kier molecular flexibility index (Phi) is 4.12. The van der Waals surface area contributed by atoms with E-state index < -0.39 is 0 Å². The predicted molar refractivity (Wildman–Crippen MR) is 142 cm³/mol. The molecule has 0 N–H and O–H groups in total. The van der Waals surface area contributed by atoms with E-state index in [1.54, 1.807) is 6.20 Å². The summed E-state index contributed by atoms with van der Waals surface area (Å²) in [6.07, 6.45) is 9.44. The lowest BCUT2D eigenvalue weighted by molar-refractivity contribution is 0.174. The third-order valence-electron chi connectivity index (χ3n) is 8.58. The van der Waals surface area contributed by atoms with Crippen molar-refractivity contribution >= 4 is 23.0 Å². The minimum Gasteiger partial charge on any atom is -0.301 e. The summed E-state index contributed by atoms with van der Waals surface area (Å²) in [6.45, 7) is 6.99. The first-order chi connectivity index (χ1) is 17.1. The first-order valence-corrected chi connectivity index (χ1v) is 12.4. The van der Waals surface area contributed by atoms with Gasteiger partial charge in [-0.05, 0) is 46.9 Å². The molecule has 4 heteroatoms. The van der Waals surface area contributed by atoms with Crippen LogP contribution in [-0.4, -0.2) is 16.1 Å². The lowest BCUT2D eigenvalue weighted by Gasteiger charge is -2.61. The largest absolute Gasteiger partial charge is 0.301 e. The van der Waals surface area contributed by atoms with Gasteiger partial charge < -0.3 is 9.80 Å². The number of nitrogens with zero attached hydrogens (tertiary/aromatic N) is 4. The molecule has 3 aliphatic rings. The van der Waals surface area contributed by atoms with Crippen LogP contribution in [0.15, 0.2) is 97.3 Å². The molecule has 0 saturated carbocycles. The molecule has 3 heterocycles. The van der Waals surface area contributed by atoms with Gasteiger partial charge in [-0.2, -0.15) is 0 Å². The average Bonchev–Trinajstić information content (AvgIpc) is 3.26. The summed E-state index contributed by atoms with van der Waals surface area (Å²) in [6, 6.07) is 26.4. The zero-order valence-corrected chi connectivity index (χ0v) is 20.3. The van der Waals surface area contributed by atoms with Crippen LogP contribution in [0.1, 0.15) is 31.9 Å². The number of fused-ring (bicyclic) bond motifs is 8. The van der Waals surface area contributed by atoms with Crippen molar-refractivity contribution in [1.29, 1.82) is 0 Å². The van der Waals surface area contributed by atoms with Crippen molar-refractivity contribution in [2.45, 2.75) is 38.8 Å². The Labute approximate surface area is 206 Å².